The molecule has 0 saturated carbocycles. The lowest BCUT2D eigenvalue weighted by Gasteiger charge is -2.29. The van der Waals surface area contributed by atoms with Crippen LogP contribution in [0.3, 0.4) is 0 Å². The minimum absolute atomic E-state index is 0.203. The summed E-state index contributed by atoms with van der Waals surface area (Å²) in [5.41, 5.74) is 0. The summed E-state index contributed by atoms with van der Waals surface area (Å²) >= 11 is 1.60. The van der Waals surface area contributed by atoms with Crippen LogP contribution in [0, 0.1) is 0 Å². The Morgan fingerprint density at radius 2 is 2.00 bits per heavy atom. The van der Waals surface area contributed by atoms with Crippen molar-refractivity contribution in [3.8, 4) is 0 Å². The van der Waals surface area contributed by atoms with Crippen molar-refractivity contribution in [3.05, 3.63) is 30.3 Å². The maximum atomic E-state index is 12.1. The summed E-state index contributed by atoms with van der Waals surface area (Å²) in [7, 11) is 1.90. The van der Waals surface area contributed by atoms with E-state index < -0.39 is 0 Å². The largest absolute Gasteiger partial charge is 0.344 e. The number of rotatable bonds is 6. The zero-order valence-corrected chi connectivity index (χ0v) is 12.9. The fourth-order valence-corrected chi connectivity index (χ4v) is 2.98. The second-order valence-corrected chi connectivity index (χ2v) is 6.06. The molecule has 0 atom stereocenters. The molecule has 1 heterocycles. The molecule has 0 unspecified atom stereocenters. The van der Waals surface area contributed by atoms with Gasteiger partial charge in [0.2, 0.25) is 5.91 Å². The van der Waals surface area contributed by atoms with Crippen molar-refractivity contribution in [2.45, 2.75) is 4.90 Å². The van der Waals surface area contributed by atoms with Crippen LogP contribution in [0.4, 0.5) is 0 Å². The molecule has 1 N–H and O–H groups in total. The number of piperazine rings is 1. The summed E-state index contributed by atoms with van der Waals surface area (Å²) < 4.78 is 0. The molecule has 1 fully saturated rings. The van der Waals surface area contributed by atoms with Crippen LogP contribution in [0.5, 0.6) is 0 Å². The van der Waals surface area contributed by atoms with E-state index in [0.717, 1.165) is 44.2 Å². The highest BCUT2D eigenvalue weighted by Gasteiger charge is 2.13. The van der Waals surface area contributed by atoms with Crippen molar-refractivity contribution in [2.24, 2.45) is 0 Å². The molecule has 0 aliphatic carbocycles. The summed E-state index contributed by atoms with van der Waals surface area (Å²) in [6.45, 7) is 6.07. The number of carbonyl (C=O) groups excluding carboxylic acids is 1. The van der Waals surface area contributed by atoms with Gasteiger partial charge in [0.25, 0.3) is 0 Å². The standard InChI is InChI=1S/C15H23N3OS/c1-17(11-12-18-9-7-16-8-10-18)15(19)13-20-14-5-3-2-4-6-14/h2-6,16H,7-13H2,1H3. The van der Waals surface area contributed by atoms with E-state index in [0.29, 0.717) is 5.75 Å². The van der Waals surface area contributed by atoms with Gasteiger partial charge in [0.15, 0.2) is 0 Å². The van der Waals surface area contributed by atoms with Crippen LogP contribution < -0.4 is 5.32 Å². The van der Waals surface area contributed by atoms with Gasteiger partial charge in [-0.2, -0.15) is 0 Å². The van der Waals surface area contributed by atoms with E-state index in [1.807, 2.05) is 42.3 Å². The van der Waals surface area contributed by atoms with Gasteiger partial charge in [-0.3, -0.25) is 9.69 Å². The minimum Gasteiger partial charge on any atom is -0.344 e. The fourth-order valence-electron chi connectivity index (χ4n) is 2.12. The van der Waals surface area contributed by atoms with E-state index in [1.54, 1.807) is 11.8 Å². The number of thioether (sulfide) groups is 1. The third-order valence-electron chi connectivity index (χ3n) is 3.49. The summed E-state index contributed by atoms with van der Waals surface area (Å²) in [4.78, 5) is 17.5. The van der Waals surface area contributed by atoms with E-state index in [1.165, 1.54) is 0 Å². The first-order chi connectivity index (χ1) is 9.75. The topological polar surface area (TPSA) is 35.6 Å². The molecule has 1 amide bonds. The van der Waals surface area contributed by atoms with Crippen LogP contribution in [0.2, 0.25) is 0 Å². The molecule has 0 bridgehead atoms. The predicted octanol–water partition coefficient (Wildman–Crippen LogP) is 1.14. The third kappa shape index (κ3) is 5.15. The number of likely N-dealkylation sites (N-methyl/N-ethyl adjacent to an activating group) is 1. The molecule has 1 aliphatic rings. The Bertz CT molecular complexity index is 407. The highest BCUT2D eigenvalue weighted by Crippen LogP contribution is 2.17. The number of amides is 1. The first kappa shape index (κ1) is 15.4. The van der Waals surface area contributed by atoms with Gasteiger partial charge >= 0.3 is 0 Å². The second-order valence-electron chi connectivity index (χ2n) is 5.01. The zero-order valence-electron chi connectivity index (χ0n) is 12.0. The average Bonchev–Trinajstić information content (AvgIpc) is 2.52. The van der Waals surface area contributed by atoms with Gasteiger partial charge in [-0.05, 0) is 12.1 Å². The molecule has 1 aromatic rings. The van der Waals surface area contributed by atoms with Crippen molar-refractivity contribution in [1.82, 2.24) is 15.1 Å². The molecule has 20 heavy (non-hydrogen) atoms. The zero-order chi connectivity index (χ0) is 14.2. The molecule has 5 heteroatoms. The van der Waals surface area contributed by atoms with Crippen molar-refractivity contribution in [3.63, 3.8) is 0 Å². The Morgan fingerprint density at radius 1 is 1.30 bits per heavy atom. The number of carbonyl (C=O) groups is 1. The van der Waals surface area contributed by atoms with Gasteiger partial charge in [-0.1, -0.05) is 18.2 Å². The van der Waals surface area contributed by atoms with Gasteiger partial charge in [-0.15, -0.1) is 11.8 Å². The van der Waals surface area contributed by atoms with Crippen LogP contribution in [-0.2, 0) is 4.79 Å². The number of nitrogens with one attached hydrogen (secondary N) is 1. The quantitative estimate of drug-likeness (QED) is 0.798. The first-order valence-electron chi connectivity index (χ1n) is 7.10. The molecular formula is C15H23N3OS. The second kappa shape index (κ2) is 8.29. The Kier molecular flexibility index (Phi) is 6.36. The lowest BCUT2D eigenvalue weighted by Crippen LogP contribution is -2.46. The van der Waals surface area contributed by atoms with Crippen molar-refractivity contribution in [2.75, 3.05) is 52.1 Å². The number of hydrogen-bond donors (Lipinski definition) is 1. The third-order valence-corrected chi connectivity index (χ3v) is 4.49. The number of benzene rings is 1. The van der Waals surface area contributed by atoms with Crippen molar-refractivity contribution in [1.29, 1.82) is 0 Å². The van der Waals surface area contributed by atoms with Gasteiger partial charge in [0.1, 0.15) is 0 Å². The van der Waals surface area contributed by atoms with E-state index in [-0.39, 0.29) is 5.91 Å². The first-order valence-corrected chi connectivity index (χ1v) is 8.09. The molecule has 1 aliphatic heterocycles. The molecule has 110 valence electrons. The molecule has 1 saturated heterocycles. The smallest absolute Gasteiger partial charge is 0.232 e. The molecule has 1 aromatic carbocycles. The van der Waals surface area contributed by atoms with Gasteiger partial charge in [0.05, 0.1) is 5.75 Å². The van der Waals surface area contributed by atoms with Crippen LogP contribution in [-0.4, -0.2) is 67.8 Å². The Labute approximate surface area is 125 Å². The van der Waals surface area contributed by atoms with Gasteiger partial charge < -0.3 is 10.2 Å². The fraction of sp³-hybridized carbons (Fsp3) is 0.533. The van der Waals surface area contributed by atoms with Crippen LogP contribution in [0.15, 0.2) is 35.2 Å². The number of nitrogens with zero attached hydrogens (tertiary/aromatic N) is 2. The van der Waals surface area contributed by atoms with Crippen LogP contribution in [0.25, 0.3) is 0 Å². The van der Waals surface area contributed by atoms with E-state index in [9.17, 15) is 4.79 Å². The predicted molar refractivity (Wildman–Crippen MR) is 84.1 cm³/mol. The molecule has 2 rings (SSSR count). The van der Waals surface area contributed by atoms with Crippen LogP contribution >= 0.6 is 11.8 Å². The highest BCUT2D eigenvalue weighted by atomic mass is 32.2. The van der Waals surface area contributed by atoms with Gasteiger partial charge in [0, 0.05) is 51.2 Å². The Morgan fingerprint density at radius 3 is 2.70 bits per heavy atom. The van der Waals surface area contributed by atoms with Crippen molar-refractivity contribution < 1.29 is 4.79 Å². The normalized spacial score (nSPS) is 16.1. The van der Waals surface area contributed by atoms with Crippen LogP contribution in [0.1, 0.15) is 0 Å². The van der Waals surface area contributed by atoms with Crippen molar-refractivity contribution >= 4 is 17.7 Å². The van der Waals surface area contributed by atoms with E-state index in [2.05, 4.69) is 10.2 Å². The van der Waals surface area contributed by atoms with E-state index in [4.69, 9.17) is 0 Å². The lowest BCUT2D eigenvalue weighted by atomic mass is 10.3. The highest BCUT2D eigenvalue weighted by molar-refractivity contribution is 8.00. The summed E-state index contributed by atoms with van der Waals surface area (Å²) in [5.74, 6) is 0.719. The maximum Gasteiger partial charge on any atom is 0.232 e. The molecular weight excluding hydrogens is 270 g/mol. The minimum atomic E-state index is 0.203. The molecule has 0 spiro atoms. The van der Waals surface area contributed by atoms with E-state index >= 15 is 0 Å². The maximum absolute atomic E-state index is 12.1. The molecule has 4 nitrogen and oxygen atoms in total. The average molecular weight is 293 g/mol. The summed E-state index contributed by atoms with van der Waals surface area (Å²) in [5, 5.41) is 3.34. The molecule has 0 radical (unpaired) electrons. The SMILES string of the molecule is CN(CCN1CCNCC1)C(=O)CSc1ccccc1. The summed E-state index contributed by atoms with van der Waals surface area (Å²) in [6.07, 6.45) is 0. The Hall–Kier alpha value is -1.04. The molecule has 0 aromatic heterocycles. The monoisotopic (exact) mass is 293 g/mol. The lowest BCUT2D eigenvalue weighted by molar-refractivity contribution is -0.127. The summed E-state index contributed by atoms with van der Waals surface area (Å²) in [6, 6.07) is 10.1. The number of hydrogen-bond acceptors (Lipinski definition) is 4. The Balaban J connectivity index is 1.66. The van der Waals surface area contributed by atoms with Gasteiger partial charge in [-0.25, -0.2) is 0 Å².